The summed E-state index contributed by atoms with van der Waals surface area (Å²) in [5.41, 5.74) is 7.16. The van der Waals surface area contributed by atoms with E-state index in [2.05, 4.69) is 4.98 Å². The molecule has 88 valence electrons. The van der Waals surface area contributed by atoms with Gasteiger partial charge in [0.2, 0.25) is 5.88 Å². The van der Waals surface area contributed by atoms with E-state index in [0.717, 1.165) is 11.3 Å². The molecule has 0 aliphatic rings. The molecule has 4 heteroatoms. The number of aromatic nitrogens is 1. The number of nitrogen functional groups attached to an aromatic ring is 1. The maximum absolute atomic E-state index is 5.64. The van der Waals surface area contributed by atoms with Gasteiger partial charge in [-0.25, -0.2) is 4.98 Å². The van der Waals surface area contributed by atoms with Gasteiger partial charge >= 0.3 is 0 Å². The smallest absolute Gasteiger partial charge is 0.222 e. The van der Waals surface area contributed by atoms with E-state index >= 15 is 0 Å². The SMILES string of the molecule is COc1ccc(Oc2ncc(N)cc2C)cc1. The summed E-state index contributed by atoms with van der Waals surface area (Å²) in [4.78, 5) is 4.14. The van der Waals surface area contributed by atoms with Crippen molar-refractivity contribution in [2.45, 2.75) is 6.92 Å². The number of pyridine rings is 1. The van der Waals surface area contributed by atoms with E-state index in [1.807, 2.05) is 37.3 Å². The molecular weight excluding hydrogens is 216 g/mol. The van der Waals surface area contributed by atoms with Crippen LogP contribution in [-0.4, -0.2) is 12.1 Å². The average Bonchev–Trinajstić information content (AvgIpc) is 2.34. The minimum atomic E-state index is 0.560. The highest BCUT2D eigenvalue weighted by Crippen LogP contribution is 2.25. The third-order valence-electron chi connectivity index (χ3n) is 2.33. The minimum Gasteiger partial charge on any atom is -0.497 e. The number of anilines is 1. The Bertz CT molecular complexity index is 509. The summed E-state index contributed by atoms with van der Waals surface area (Å²) in [7, 11) is 1.63. The minimum absolute atomic E-state index is 0.560. The second-order valence-corrected chi connectivity index (χ2v) is 3.67. The van der Waals surface area contributed by atoms with Crippen LogP contribution in [0.2, 0.25) is 0 Å². The van der Waals surface area contributed by atoms with Crippen LogP contribution in [-0.2, 0) is 0 Å². The molecule has 0 atom stereocenters. The molecule has 0 saturated heterocycles. The van der Waals surface area contributed by atoms with Gasteiger partial charge in [-0.15, -0.1) is 0 Å². The lowest BCUT2D eigenvalue weighted by atomic mass is 10.3. The van der Waals surface area contributed by atoms with E-state index < -0.39 is 0 Å². The molecule has 1 aromatic heterocycles. The van der Waals surface area contributed by atoms with Crippen LogP contribution < -0.4 is 15.2 Å². The first-order valence-corrected chi connectivity index (χ1v) is 5.23. The number of aryl methyl sites for hydroxylation is 1. The van der Waals surface area contributed by atoms with Crippen LogP contribution in [0.4, 0.5) is 5.69 Å². The Hall–Kier alpha value is -2.23. The molecular formula is C13H14N2O2. The zero-order chi connectivity index (χ0) is 12.3. The highest BCUT2D eigenvalue weighted by atomic mass is 16.5. The van der Waals surface area contributed by atoms with E-state index in [0.29, 0.717) is 17.3 Å². The molecule has 0 spiro atoms. The molecule has 1 heterocycles. The van der Waals surface area contributed by atoms with E-state index in [-0.39, 0.29) is 0 Å². The van der Waals surface area contributed by atoms with Crippen LogP contribution >= 0.6 is 0 Å². The van der Waals surface area contributed by atoms with Crippen molar-refractivity contribution in [2.75, 3.05) is 12.8 Å². The zero-order valence-corrected chi connectivity index (χ0v) is 9.81. The van der Waals surface area contributed by atoms with Gasteiger partial charge in [-0.05, 0) is 37.3 Å². The summed E-state index contributed by atoms with van der Waals surface area (Å²) < 4.78 is 10.7. The van der Waals surface area contributed by atoms with Crippen molar-refractivity contribution in [3.05, 3.63) is 42.1 Å². The van der Waals surface area contributed by atoms with Gasteiger partial charge in [-0.2, -0.15) is 0 Å². The first-order valence-electron chi connectivity index (χ1n) is 5.23. The summed E-state index contributed by atoms with van der Waals surface area (Å²) >= 11 is 0. The van der Waals surface area contributed by atoms with Crippen molar-refractivity contribution in [1.29, 1.82) is 0 Å². The number of hydrogen-bond acceptors (Lipinski definition) is 4. The Kier molecular flexibility index (Phi) is 3.14. The number of nitrogens with two attached hydrogens (primary N) is 1. The zero-order valence-electron chi connectivity index (χ0n) is 9.81. The third-order valence-corrected chi connectivity index (χ3v) is 2.33. The topological polar surface area (TPSA) is 57.4 Å². The lowest BCUT2D eigenvalue weighted by molar-refractivity contribution is 0.412. The van der Waals surface area contributed by atoms with Crippen LogP contribution in [0.3, 0.4) is 0 Å². The molecule has 0 aliphatic heterocycles. The first kappa shape index (κ1) is 11.3. The predicted octanol–water partition coefficient (Wildman–Crippen LogP) is 2.77. The van der Waals surface area contributed by atoms with Crippen molar-refractivity contribution in [3.8, 4) is 17.4 Å². The molecule has 2 aromatic rings. The summed E-state index contributed by atoms with van der Waals surface area (Å²) in [5.74, 6) is 2.06. The molecule has 0 radical (unpaired) electrons. The van der Waals surface area contributed by atoms with Crippen molar-refractivity contribution in [1.82, 2.24) is 4.98 Å². The van der Waals surface area contributed by atoms with Crippen LogP contribution in [0, 0.1) is 6.92 Å². The molecule has 2 rings (SSSR count). The Morgan fingerprint density at radius 3 is 2.35 bits per heavy atom. The highest BCUT2D eigenvalue weighted by molar-refractivity contribution is 5.43. The van der Waals surface area contributed by atoms with Crippen molar-refractivity contribution < 1.29 is 9.47 Å². The molecule has 17 heavy (non-hydrogen) atoms. The Balaban J connectivity index is 2.19. The third kappa shape index (κ3) is 2.66. The largest absolute Gasteiger partial charge is 0.497 e. The van der Waals surface area contributed by atoms with Gasteiger partial charge in [0.25, 0.3) is 0 Å². The molecule has 0 amide bonds. The Morgan fingerprint density at radius 1 is 1.12 bits per heavy atom. The molecule has 0 unspecified atom stereocenters. The lowest BCUT2D eigenvalue weighted by Crippen LogP contribution is -1.94. The monoisotopic (exact) mass is 230 g/mol. The van der Waals surface area contributed by atoms with Crippen molar-refractivity contribution in [3.63, 3.8) is 0 Å². The van der Waals surface area contributed by atoms with Crippen molar-refractivity contribution in [2.24, 2.45) is 0 Å². The number of hydrogen-bond donors (Lipinski definition) is 1. The molecule has 1 aromatic carbocycles. The van der Waals surface area contributed by atoms with Gasteiger partial charge in [-0.3, -0.25) is 0 Å². The summed E-state index contributed by atoms with van der Waals surface area (Å²) in [6.07, 6.45) is 1.58. The lowest BCUT2D eigenvalue weighted by Gasteiger charge is -2.08. The molecule has 4 nitrogen and oxygen atoms in total. The quantitative estimate of drug-likeness (QED) is 0.880. The summed E-state index contributed by atoms with van der Waals surface area (Å²) in [6, 6.07) is 9.16. The molecule has 0 bridgehead atoms. The normalized spacial score (nSPS) is 10.0. The molecule has 0 aliphatic carbocycles. The van der Waals surface area contributed by atoms with Gasteiger partial charge in [0.15, 0.2) is 0 Å². The first-order chi connectivity index (χ1) is 8.19. The van der Waals surface area contributed by atoms with E-state index in [1.54, 1.807) is 13.3 Å². The second-order valence-electron chi connectivity index (χ2n) is 3.67. The number of nitrogens with zero attached hydrogens (tertiary/aromatic N) is 1. The van der Waals surface area contributed by atoms with Crippen LogP contribution in [0.25, 0.3) is 0 Å². The fourth-order valence-corrected chi connectivity index (χ4v) is 1.45. The van der Waals surface area contributed by atoms with E-state index in [1.165, 1.54) is 0 Å². The van der Waals surface area contributed by atoms with Crippen LogP contribution in [0.5, 0.6) is 17.4 Å². The van der Waals surface area contributed by atoms with Crippen LogP contribution in [0.15, 0.2) is 36.5 Å². The summed E-state index contributed by atoms with van der Waals surface area (Å²) in [6.45, 7) is 1.90. The van der Waals surface area contributed by atoms with Crippen molar-refractivity contribution >= 4 is 5.69 Å². The predicted molar refractivity (Wildman–Crippen MR) is 66.5 cm³/mol. The number of ether oxygens (including phenoxy) is 2. The molecule has 2 N–H and O–H groups in total. The van der Waals surface area contributed by atoms with Gasteiger partial charge in [0.05, 0.1) is 19.0 Å². The number of benzene rings is 1. The second kappa shape index (κ2) is 4.74. The fraction of sp³-hybridized carbons (Fsp3) is 0.154. The van der Waals surface area contributed by atoms with Gasteiger partial charge in [0.1, 0.15) is 11.5 Å². The molecule has 0 saturated carbocycles. The average molecular weight is 230 g/mol. The maximum Gasteiger partial charge on any atom is 0.222 e. The fourth-order valence-electron chi connectivity index (χ4n) is 1.45. The highest BCUT2D eigenvalue weighted by Gasteiger charge is 2.03. The Labute approximate surface area is 100 Å². The molecule has 0 fully saturated rings. The van der Waals surface area contributed by atoms with E-state index in [4.69, 9.17) is 15.2 Å². The van der Waals surface area contributed by atoms with E-state index in [9.17, 15) is 0 Å². The van der Waals surface area contributed by atoms with Gasteiger partial charge < -0.3 is 15.2 Å². The number of methoxy groups -OCH3 is 1. The standard InChI is InChI=1S/C13H14N2O2/c1-9-7-10(14)8-15-13(9)17-12-5-3-11(16-2)4-6-12/h3-8H,14H2,1-2H3. The Morgan fingerprint density at radius 2 is 1.76 bits per heavy atom. The van der Waals surface area contributed by atoms with Gasteiger partial charge in [-0.1, -0.05) is 0 Å². The summed E-state index contributed by atoms with van der Waals surface area (Å²) in [5, 5.41) is 0. The maximum atomic E-state index is 5.64. The van der Waals surface area contributed by atoms with Crippen LogP contribution in [0.1, 0.15) is 5.56 Å². The van der Waals surface area contributed by atoms with Gasteiger partial charge in [0, 0.05) is 5.56 Å². The number of rotatable bonds is 3.